The van der Waals surface area contributed by atoms with Crippen LogP contribution in [0.1, 0.15) is 38.5 Å². The second-order valence-electron chi connectivity index (χ2n) is 6.41. The Kier molecular flexibility index (Phi) is 5.12. The predicted octanol–water partition coefficient (Wildman–Crippen LogP) is 1.80. The number of carbonyl (C=O) groups excluding carboxylic acids is 2. The van der Waals surface area contributed by atoms with Crippen molar-refractivity contribution in [1.82, 2.24) is 14.7 Å². The molecular weight excluding hydrogens is 320 g/mol. The van der Waals surface area contributed by atoms with Gasteiger partial charge in [0.05, 0.1) is 18.4 Å². The second-order valence-corrected chi connectivity index (χ2v) is 6.41. The lowest BCUT2D eigenvalue weighted by Crippen LogP contribution is -2.28. The van der Waals surface area contributed by atoms with Crippen LogP contribution in [0.4, 0.5) is 5.69 Å². The average molecular weight is 342 g/mol. The number of nitrogens with zero attached hydrogens (tertiary/aromatic N) is 5. The quantitative estimate of drug-likeness (QED) is 0.694. The standard InChI is InChI=1S/C17H22N6O2/c1-2-3-7-17(20-21-17)8-6-15(24)19-14-12-18-23(13-14)11-10-22-9-4-5-16(22)25/h1,12-13H,3-11H2,(H,19,24). The van der Waals surface area contributed by atoms with Gasteiger partial charge in [-0.15, -0.1) is 12.3 Å². The van der Waals surface area contributed by atoms with Crippen molar-refractivity contribution in [3.05, 3.63) is 12.4 Å². The highest BCUT2D eigenvalue weighted by molar-refractivity contribution is 5.90. The van der Waals surface area contributed by atoms with E-state index in [1.54, 1.807) is 17.1 Å². The minimum Gasteiger partial charge on any atom is -0.341 e. The van der Waals surface area contributed by atoms with Crippen LogP contribution in [0.5, 0.6) is 0 Å². The van der Waals surface area contributed by atoms with Crippen LogP contribution in [0.25, 0.3) is 0 Å². The Balaban J connectivity index is 1.39. The van der Waals surface area contributed by atoms with E-state index in [1.807, 2.05) is 4.90 Å². The summed E-state index contributed by atoms with van der Waals surface area (Å²) in [7, 11) is 0. The van der Waals surface area contributed by atoms with Gasteiger partial charge in [-0.05, 0) is 6.42 Å². The molecule has 0 saturated carbocycles. The lowest BCUT2D eigenvalue weighted by Gasteiger charge is -2.14. The number of likely N-dealkylation sites (tertiary alicyclic amines) is 1. The summed E-state index contributed by atoms with van der Waals surface area (Å²) >= 11 is 0. The Hall–Kier alpha value is -2.69. The average Bonchev–Trinajstić information content (AvgIpc) is 3.03. The van der Waals surface area contributed by atoms with Crippen molar-refractivity contribution < 1.29 is 9.59 Å². The number of hydrogen-bond donors (Lipinski definition) is 1. The van der Waals surface area contributed by atoms with E-state index >= 15 is 0 Å². The van der Waals surface area contributed by atoms with E-state index in [-0.39, 0.29) is 11.8 Å². The molecule has 3 heterocycles. The summed E-state index contributed by atoms with van der Waals surface area (Å²) in [6.07, 6.45) is 12.4. The normalized spacial score (nSPS) is 17.6. The van der Waals surface area contributed by atoms with E-state index in [1.165, 1.54) is 0 Å². The molecule has 0 radical (unpaired) electrons. The Morgan fingerprint density at radius 1 is 1.36 bits per heavy atom. The fourth-order valence-corrected chi connectivity index (χ4v) is 2.92. The maximum Gasteiger partial charge on any atom is 0.224 e. The Morgan fingerprint density at radius 2 is 2.20 bits per heavy atom. The highest BCUT2D eigenvalue weighted by Gasteiger charge is 2.39. The molecule has 1 fully saturated rings. The first kappa shape index (κ1) is 17.1. The minimum absolute atomic E-state index is 0.0911. The Bertz CT molecular complexity index is 711. The topological polar surface area (TPSA) is 92.0 Å². The molecule has 1 aromatic heterocycles. The predicted molar refractivity (Wildman–Crippen MR) is 91.6 cm³/mol. The summed E-state index contributed by atoms with van der Waals surface area (Å²) < 4.78 is 1.74. The number of anilines is 1. The summed E-state index contributed by atoms with van der Waals surface area (Å²) in [5.74, 6) is 2.69. The zero-order valence-electron chi connectivity index (χ0n) is 14.1. The van der Waals surface area contributed by atoms with Crippen molar-refractivity contribution in [2.45, 2.75) is 50.7 Å². The van der Waals surface area contributed by atoms with E-state index in [9.17, 15) is 9.59 Å². The van der Waals surface area contributed by atoms with Gasteiger partial charge in [0.25, 0.3) is 0 Å². The van der Waals surface area contributed by atoms with Crippen LogP contribution in [0.3, 0.4) is 0 Å². The number of carbonyl (C=O) groups is 2. The third kappa shape index (κ3) is 4.66. The van der Waals surface area contributed by atoms with Crippen molar-refractivity contribution in [2.24, 2.45) is 10.2 Å². The molecule has 2 aliphatic heterocycles. The van der Waals surface area contributed by atoms with Crippen molar-refractivity contribution in [3.63, 3.8) is 0 Å². The van der Waals surface area contributed by atoms with Gasteiger partial charge in [0.2, 0.25) is 11.8 Å². The molecule has 2 amide bonds. The molecule has 0 unspecified atom stereocenters. The number of terminal acetylenes is 1. The largest absolute Gasteiger partial charge is 0.341 e. The highest BCUT2D eigenvalue weighted by atomic mass is 16.2. The molecule has 0 aromatic carbocycles. The molecule has 0 aliphatic carbocycles. The van der Waals surface area contributed by atoms with Crippen molar-refractivity contribution in [2.75, 3.05) is 18.4 Å². The minimum atomic E-state index is -0.434. The fraction of sp³-hybridized carbons (Fsp3) is 0.588. The van der Waals surface area contributed by atoms with Gasteiger partial charge in [0.15, 0.2) is 5.66 Å². The molecule has 0 spiro atoms. The third-order valence-electron chi connectivity index (χ3n) is 4.49. The van der Waals surface area contributed by atoms with Crippen LogP contribution in [0, 0.1) is 12.3 Å². The van der Waals surface area contributed by atoms with E-state index < -0.39 is 5.66 Å². The van der Waals surface area contributed by atoms with Gasteiger partial charge in [-0.25, -0.2) is 0 Å². The zero-order valence-corrected chi connectivity index (χ0v) is 14.1. The molecule has 8 nitrogen and oxygen atoms in total. The smallest absolute Gasteiger partial charge is 0.224 e. The van der Waals surface area contributed by atoms with Crippen LogP contribution < -0.4 is 5.32 Å². The number of aromatic nitrogens is 2. The van der Waals surface area contributed by atoms with Gasteiger partial charge in [-0.3, -0.25) is 14.3 Å². The summed E-state index contributed by atoms with van der Waals surface area (Å²) in [5, 5.41) is 15.1. The van der Waals surface area contributed by atoms with Gasteiger partial charge in [-0.2, -0.15) is 15.3 Å². The summed E-state index contributed by atoms with van der Waals surface area (Å²) in [6.45, 7) is 2.09. The molecule has 132 valence electrons. The number of hydrogen-bond acceptors (Lipinski definition) is 5. The maximum atomic E-state index is 12.1. The molecule has 3 rings (SSSR count). The molecule has 0 bridgehead atoms. The van der Waals surface area contributed by atoms with Crippen LogP contribution in [-0.4, -0.2) is 45.2 Å². The number of rotatable bonds is 9. The summed E-state index contributed by atoms with van der Waals surface area (Å²) in [5.41, 5.74) is 0.219. The van der Waals surface area contributed by atoms with Gasteiger partial charge in [0.1, 0.15) is 0 Å². The summed E-state index contributed by atoms with van der Waals surface area (Å²) in [4.78, 5) is 25.5. The van der Waals surface area contributed by atoms with Crippen molar-refractivity contribution in [3.8, 4) is 12.3 Å². The SMILES string of the molecule is C#CCCC1(CCC(=O)Nc2cnn(CCN3CCCC3=O)c2)N=N1. The first-order valence-electron chi connectivity index (χ1n) is 8.58. The summed E-state index contributed by atoms with van der Waals surface area (Å²) in [6, 6.07) is 0. The van der Waals surface area contributed by atoms with Gasteiger partial charge in [-0.1, -0.05) is 0 Å². The van der Waals surface area contributed by atoms with E-state index in [2.05, 4.69) is 26.6 Å². The number of nitrogens with one attached hydrogen (secondary N) is 1. The van der Waals surface area contributed by atoms with Crippen LogP contribution >= 0.6 is 0 Å². The number of amides is 2. The van der Waals surface area contributed by atoms with Crippen molar-refractivity contribution >= 4 is 17.5 Å². The van der Waals surface area contributed by atoms with Gasteiger partial charge in [0, 0.05) is 51.4 Å². The zero-order chi connectivity index (χ0) is 17.7. The lowest BCUT2D eigenvalue weighted by atomic mass is 10.0. The first-order chi connectivity index (χ1) is 12.1. The van der Waals surface area contributed by atoms with Crippen LogP contribution in [0.2, 0.25) is 0 Å². The van der Waals surface area contributed by atoms with E-state index in [0.29, 0.717) is 50.9 Å². The molecule has 8 heteroatoms. The lowest BCUT2D eigenvalue weighted by molar-refractivity contribution is -0.127. The molecule has 1 N–H and O–H groups in total. The molecule has 2 aliphatic rings. The second kappa shape index (κ2) is 7.47. The highest BCUT2D eigenvalue weighted by Crippen LogP contribution is 2.37. The molecule has 25 heavy (non-hydrogen) atoms. The van der Waals surface area contributed by atoms with Crippen molar-refractivity contribution in [1.29, 1.82) is 0 Å². The molecule has 0 atom stereocenters. The van der Waals surface area contributed by atoms with Gasteiger partial charge >= 0.3 is 0 Å². The Labute approximate surface area is 146 Å². The molecule has 1 saturated heterocycles. The third-order valence-corrected chi connectivity index (χ3v) is 4.49. The van der Waals surface area contributed by atoms with Crippen LogP contribution in [0.15, 0.2) is 22.6 Å². The van der Waals surface area contributed by atoms with Crippen LogP contribution in [-0.2, 0) is 16.1 Å². The molecule has 1 aromatic rings. The van der Waals surface area contributed by atoms with Gasteiger partial charge < -0.3 is 10.2 Å². The maximum absolute atomic E-state index is 12.1. The first-order valence-corrected chi connectivity index (χ1v) is 8.58. The molecular formula is C17H22N6O2. The van der Waals surface area contributed by atoms with E-state index in [0.717, 1.165) is 13.0 Å². The van der Waals surface area contributed by atoms with E-state index in [4.69, 9.17) is 6.42 Å². The fourth-order valence-electron chi connectivity index (χ4n) is 2.92. The monoisotopic (exact) mass is 342 g/mol. The Morgan fingerprint density at radius 3 is 2.88 bits per heavy atom.